The van der Waals surface area contributed by atoms with Gasteiger partial charge in [-0.3, -0.25) is 0 Å². The van der Waals surface area contributed by atoms with E-state index in [2.05, 4.69) is 20.9 Å². The van der Waals surface area contributed by atoms with Crippen LogP contribution in [0.3, 0.4) is 0 Å². The molecule has 25 heavy (non-hydrogen) atoms. The number of nitriles is 2. The molecule has 0 saturated carbocycles. The van der Waals surface area contributed by atoms with Gasteiger partial charge in [0.05, 0.1) is 35.0 Å². The van der Waals surface area contributed by atoms with Crippen molar-refractivity contribution in [2.24, 2.45) is 0 Å². The van der Waals surface area contributed by atoms with E-state index in [9.17, 15) is 0 Å². The van der Waals surface area contributed by atoms with Crippen molar-refractivity contribution in [3.05, 3.63) is 71.8 Å². The highest BCUT2D eigenvalue weighted by Gasteiger charge is 2.13. The second-order valence-corrected chi connectivity index (χ2v) is 6.03. The second kappa shape index (κ2) is 6.16. The molecule has 1 aromatic heterocycles. The summed E-state index contributed by atoms with van der Waals surface area (Å²) in [5.41, 5.74) is 6.94. The van der Waals surface area contributed by atoms with Gasteiger partial charge in [-0.25, -0.2) is 0 Å². The fourth-order valence-corrected chi connectivity index (χ4v) is 3.35. The van der Waals surface area contributed by atoms with Crippen LogP contribution in [0.2, 0.25) is 0 Å². The summed E-state index contributed by atoms with van der Waals surface area (Å²) < 4.78 is 8.94. The van der Waals surface area contributed by atoms with E-state index in [1.807, 2.05) is 36.4 Å². The molecule has 0 saturated heterocycles. The van der Waals surface area contributed by atoms with Gasteiger partial charge < -0.3 is 0 Å². The van der Waals surface area contributed by atoms with E-state index in [-0.39, 0.29) is 0 Å². The summed E-state index contributed by atoms with van der Waals surface area (Å²) >= 11 is 1.18. The summed E-state index contributed by atoms with van der Waals surface area (Å²) in [6.45, 7) is 0. The Labute approximate surface area is 148 Å². The largest absolute Gasteiger partial charge is 0.192 e. The van der Waals surface area contributed by atoms with Crippen LogP contribution in [0.25, 0.3) is 33.3 Å². The molecule has 4 nitrogen and oxygen atoms in total. The first kappa shape index (κ1) is 15.0. The normalized spacial score (nSPS) is 10.3. The molecule has 0 unspecified atom stereocenters. The van der Waals surface area contributed by atoms with Gasteiger partial charge in [-0.15, -0.1) is 0 Å². The summed E-state index contributed by atoms with van der Waals surface area (Å²) in [4.78, 5) is 0. The molecule has 0 amide bonds. The van der Waals surface area contributed by atoms with Gasteiger partial charge in [0.25, 0.3) is 0 Å². The molecule has 0 aliphatic heterocycles. The van der Waals surface area contributed by atoms with Crippen LogP contribution in [0, 0.1) is 22.7 Å². The third-order valence-electron chi connectivity index (χ3n) is 4.07. The Bertz CT molecular complexity index is 1050. The predicted octanol–water partition coefficient (Wildman–Crippen LogP) is 4.77. The van der Waals surface area contributed by atoms with Crippen molar-refractivity contribution >= 4 is 22.8 Å². The fourth-order valence-electron chi connectivity index (χ4n) is 2.78. The minimum atomic E-state index is 0.630. The van der Waals surface area contributed by atoms with E-state index in [0.29, 0.717) is 11.1 Å². The first-order valence-corrected chi connectivity index (χ1v) is 8.29. The molecule has 3 aromatic carbocycles. The van der Waals surface area contributed by atoms with E-state index < -0.39 is 0 Å². The summed E-state index contributed by atoms with van der Waals surface area (Å²) in [5.74, 6) is 0. The molecular weight excluding hydrogens is 328 g/mol. The zero-order chi connectivity index (χ0) is 17.2. The summed E-state index contributed by atoms with van der Waals surface area (Å²) in [6.07, 6.45) is 0. The standard InChI is InChI=1S/C20H10N4S/c21-11-13-1-5-15(6-2-13)17-9-10-18(20-19(17)23-25-24-20)16-7-3-14(12-22)4-8-16/h1-10H. The molecular formula is C20H10N4S. The minimum absolute atomic E-state index is 0.630. The van der Waals surface area contributed by atoms with E-state index >= 15 is 0 Å². The van der Waals surface area contributed by atoms with Gasteiger partial charge in [0.15, 0.2) is 0 Å². The average molecular weight is 338 g/mol. The molecule has 0 radical (unpaired) electrons. The Morgan fingerprint density at radius 1 is 0.600 bits per heavy atom. The van der Waals surface area contributed by atoms with E-state index in [1.54, 1.807) is 24.3 Å². The number of nitrogens with zero attached hydrogens (tertiary/aromatic N) is 4. The Balaban J connectivity index is 1.86. The molecule has 116 valence electrons. The zero-order valence-corrected chi connectivity index (χ0v) is 13.8. The lowest BCUT2D eigenvalue weighted by atomic mass is 9.97. The first-order valence-electron chi connectivity index (χ1n) is 7.56. The molecule has 0 bridgehead atoms. The lowest BCUT2D eigenvalue weighted by Gasteiger charge is -2.07. The second-order valence-electron chi connectivity index (χ2n) is 5.50. The zero-order valence-electron chi connectivity index (χ0n) is 13.0. The smallest absolute Gasteiger partial charge is 0.113 e. The molecule has 4 aromatic rings. The van der Waals surface area contributed by atoms with E-state index in [1.165, 1.54) is 11.7 Å². The van der Waals surface area contributed by atoms with Crippen LogP contribution in [0.4, 0.5) is 0 Å². The van der Waals surface area contributed by atoms with Crippen molar-refractivity contribution in [3.63, 3.8) is 0 Å². The van der Waals surface area contributed by atoms with Gasteiger partial charge in [-0.2, -0.15) is 19.3 Å². The van der Waals surface area contributed by atoms with E-state index in [4.69, 9.17) is 10.5 Å². The van der Waals surface area contributed by atoms with E-state index in [0.717, 1.165) is 33.3 Å². The van der Waals surface area contributed by atoms with Crippen molar-refractivity contribution < 1.29 is 0 Å². The summed E-state index contributed by atoms with van der Waals surface area (Å²) in [5, 5.41) is 17.9. The summed E-state index contributed by atoms with van der Waals surface area (Å²) in [7, 11) is 0. The lowest BCUT2D eigenvalue weighted by molar-refractivity contribution is 1.48. The number of benzene rings is 3. The molecule has 1 heterocycles. The first-order chi connectivity index (χ1) is 12.3. The highest BCUT2D eigenvalue weighted by atomic mass is 32.1. The fraction of sp³-hybridized carbons (Fsp3) is 0. The molecule has 5 heteroatoms. The SMILES string of the molecule is N#Cc1ccc(-c2ccc(-c3ccc(C#N)cc3)c3nsnc23)cc1. The Hall–Kier alpha value is -3.54. The quantitative estimate of drug-likeness (QED) is 0.528. The number of hydrogen-bond acceptors (Lipinski definition) is 5. The predicted molar refractivity (Wildman–Crippen MR) is 97.7 cm³/mol. The maximum atomic E-state index is 8.95. The number of aromatic nitrogens is 2. The van der Waals surface area contributed by atoms with Gasteiger partial charge in [-0.1, -0.05) is 36.4 Å². The molecule has 0 fully saturated rings. The van der Waals surface area contributed by atoms with Gasteiger partial charge in [0.2, 0.25) is 0 Å². The van der Waals surface area contributed by atoms with Gasteiger partial charge in [0, 0.05) is 11.1 Å². The number of rotatable bonds is 2. The van der Waals surface area contributed by atoms with Crippen LogP contribution in [-0.4, -0.2) is 8.75 Å². The molecule has 0 N–H and O–H groups in total. The molecule has 0 atom stereocenters. The van der Waals surface area contributed by atoms with Crippen molar-refractivity contribution in [1.29, 1.82) is 10.5 Å². The topological polar surface area (TPSA) is 73.4 Å². The van der Waals surface area contributed by atoms with Crippen molar-refractivity contribution in [3.8, 4) is 34.4 Å². The van der Waals surface area contributed by atoms with Crippen LogP contribution in [0.1, 0.15) is 11.1 Å². The molecule has 0 aliphatic carbocycles. The third kappa shape index (κ3) is 2.63. The monoisotopic (exact) mass is 338 g/mol. The Kier molecular flexibility index (Phi) is 3.70. The Morgan fingerprint density at radius 3 is 1.36 bits per heavy atom. The Morgan fingerprint density at radius 2 is 1.00 bits per heavy atom. The maximum Gasteiger partial charge on any atom is 0.113 e. The minimum Gasteiger partial charge on any atom is -0.192 e. The number of hydrogen-bond donors (Lipinski definition) is 0. The summed E-state index contributed by atoms with van der Waals surface area (Å²) in [6, 6.07) is 23.2. The van der Waals surface area contributed by atoms with Crippen molar-refractivity contribution in [1.82, 2.24) is 8.75 Å². The van der Waals surface area contributed by atoms with Crippen LogP contribution in [0.15, 0.2) is 60.7 Å². The van der Waals surface area contributed by atoms with Gasteiger partial charge in [-0.05, 0) is 35.4 Å². The number of fused-ring (bicyclic) bond motifs is 1. The highest BCUT2D eigenvalue weighted by molar-refractivity contribution is 7.00. The van der Waals surface area contributed by atoms with Gasteiger partial charge in [0.1, 0.15) is 11.0 Å². The lowest BCUT2D eigenvalue weighted by Crippen LogP contribution is -1.86. The van der Waals surface area contributed by atoms with Gasteiger partial charge >= 0.3 is 0 Å². The van der Waals surface area contributed by atoms with Crippen molar-refractivity contribution in [2.75, 3.05) is 0 Å². The van der Waals surface area contributed by atoms with Crippen LogP contribution >= 0.6 is 11.7 Å². The third-order valence-corrected chi connectivity index (χ3v) is 4.59. The van der Waals surface area contributed by atoms with Crippen LogP contribution in [0.5, 0.6) is 0 Å². The molecule has 0 spiro atoms. The van der Waals surface area contributed by atoms with Crippen LogP contribution in [-0.2, 0) is 0 Å². The van der Waals surface area contributed by atoms with Crippen LogP contribution < -0.4 is 0 Å². The molecule has 4 rings (SSSR count). The van der Waals surface area contributed by atoms with Crippen molar-refractivity contribution in [2.45, 2.75) is 0 Å². The highest BCUT2D eigenvalue weighted by Crippen LogP contribution is 2.34. The molecule has 0 aliphatic rings. The average Bonchev–Trinajstić information content (AvgIpc) is 3.17. The maximum absolute atomic E-state index is 8.95.